The van der Waals surface area contributed by atoms with Crippen molar-refractivity contribution in [3.8, 4) is 0 Å². The average molecular weight is 285 g/mol. The molecule has 0 aliphatic heterocycles. The van der Waals surface area contributed by atoms with Crippen LogP contribution in [0.5, 0.6) is 0 Å². The Morgan fingerprint density at radius 1 is 1.58 bits per heavy atom. The lowest BCUT2D eigenvalue weighted by molar-refractivity contribution is 0.205. The smallest absolute Gasteiger partial charge is 0.140 e. The van der Waals surface area contributed by atoms with Gasteiger partial charge in [0.05, 0.1) is 6.54 Å². The first kappa shape index (κ1) is 14.8. The van der Waals surface area contributed by atoms with E-state index in [-0.39, 0.29) is 5.54 Å². The van der Waals surface area contributed by atoms with E-state index < -0.39 is 0 Å². The van der Waals surface area contributed by atoms with Crippen molar-refractivity contribution in [3.63, 3.8) is 0 Å². The van der Waals surface area contributed by atoms with Crippen molar-refractivity contribution in [1.29, 1.82) is 0 Å². The molecule has 1 aromatic heterocycles. The van der Waals surface area contributed by atoms with Crippen molar-refractivity contribution in [1.82, 2.24) is 20.1 Å². The molecule has 1 heterocycles. The minimum absolute atomic E-state index is 0.0855. The highest BCUT2D eigenvalue weighted by Crippen LogP contribution is 2.33. The molecule has 1 aromatic rings. The highest BCUT2D eigenvalue weighted by Gasteiger charge is 2.33. The van der Waals surface area contributed by atoms with Crippen LogP contribution in [0.3, 0.4) is 0 Å². The topological polar surface area (TPSA) is 42.7 Å². The minimum Gasteiger partial charge on any atom is -0.303 e. The quantitative estimate of drug-likeness (QED) is 0.817. The third-order valence-electron chi connectivity index (χ3n) is 4.10. The normalized spacial score (nSPS) is 27.6. The fourth-order valence-corrected chi connectivity index (χ4v) is 3.42. The molecule has 5 heteroatoms. The number of rotatable bonds is 6. The molecule has 0 amide bonds. The Bertz CT molecular complexity index is 393. The molecule has 0 spiro atoms. The second-order valence-corrected chi connectivity index (χ2v) is 6.14. The highest BCUT2D eigenvalue weighted by atomic mass is 35.5. The van der Waals surface area contributed by atoms with Crippen LogP contribution < -0.4 is 5.32 Å². The Kier molecular flexibility index (Phi) is 5.22. The van der Waals surface area contributed by atoms with Gasteiger partial charge in [-0.1, -0.05) is 26.7 Å². The van der Waals surface area contributed by atoms with Crippen LogP contribution in [0.2, 0.25) is 0 Å². The molecule has 1 N–H and O–H groups in total. The van der Waals surface area contributed by atoms with E-state index in [9.17, 15) is 0 Å². The van der Waals surface area contributed by atoms with Gasteiger partial charge in [0, 0.05) is 18.0 Å². The van der Waals surface area contributed by atoms with E-state index >= 15 is 0 Å². The number of nitrogens with zero attached hydrogens (tertiary/aromatic N) is 3. The zero-order valence-corrected chi connectivity index (χ0v) is 12.8. The van der Waals surface area contributed by atoms with Gasteiger partial charge in [-0.05, 0) is 25.2 Å². The fraction of sp³-hybridized carbons (Fsp3) is 0.857. The van der Waals surface area contributed by atoms with Crippen LogP contribution in [0.4, 0.5) is 0 Å². The standard InChI is InChI=1S/C14H25ClN4/c1-3-7-19-13(16-11-18-19)9-17-14(10-15)6-4-5-12(2)8-14/h11-12,17H,3-10H2,1-2H3. The third kappa shape index (κ3) is 3.69. The molecule has 1 aliphatic rings. The lowest BCUT2D eigenvalue weighted by Gasteiger charge is -2.39. The van der Waals surface area contributed by atoms with E-state index in [0.717, 1.165) is 31.3 Å². The molecule has 1 fully saturated rings. The highest BCUT2D eigenvalue weighted by molar-refractivity contribution is 6.18. The zero-order valence-electron chi connectivity index (χ0n) is 12.0. The molecule has 2 atom stereocenters. The molecule has 0 radical (unpaired) electrons. The summed E-state index contributed by atoms with van der Waals surface area (Å²) in [5.41, 5.74) is 0.0855. The summed E-state index contributed by atoms with van der Waals surface area (Å²) < 4.78 is 1.99. The van der Waals surface area contributed by atoms with E-state index in [1.54, 1.807) is 6.33 Å². The van der Waals surface area contributed by atoms with Crippen molar-refractivity contribution in [2.45, 2.75) is 64.6 Å². The van der Waals surface area contributed by atoms with Crippen LogP contribution in [-0.4, -0.2) is 26.2 Å². The van der Waals surface area contributed by atoms with Crippen molar-refractivity contribution in [2.75, 3.05) is 5.88 Å². The Hall–Kier alpha value is -0.610. The monoisotopic (exact) mass is 284 g/mol. The van der Waals surface area contributed by atoms with Gasteiger partial charge in [0.1, 0.15) is 12.2 Å². The van der Waals surface area contributed by atoms with Crippen LogP contribution in [0.1, 0.15) is 51.8 Å². The molecule has 1 aliphatic carbocycles. The molecule has 1 saturated carbocycles. The number of aromatic nitrogens is 3. The van der Waals surface area contributed by atoms with Crippen LogP contribution in [0.15, 0.2) is 6.33 Å². The van der Waals surface area contributed by atoms with Crippen LogP contribution >= 0.6 is 11.6 Å². The van der Waals surface area contributed by atoms with Crippen LogP contribution in [-0.2, 0) is 13.1 Å². The Morgan fingerprint density at radius 3 is 3.11 bits per heavy atom. The van der Waals surface area contributed by atoms with Gasteiger partial charge in [-0.2, -0.15) is 5.10 Å². The van der Waals surface area contributed by atoms with E-state index in [2.05, 4.69) is 29.2 Å². The van der Waals surface area contributed by atoms with E-state index in [1.807, 2.05) is 4.68 Å². The van der Waals surface area contributed by atoms with Crippen LogP contribution in [0, 0.1) is 5.92 Å². The summed E-state index contributed by atoms with van der Waals surface area (Å²) in [6.45, 7) is 6.17. The van der Waals surface area contributed by atoms with E-state index in [0.29, 0.717) is 5.88 Å². The van der Waals surface area contributed by atoms with Crippen molar-refractivity contribution in [2.24, 2.45) is 5.92 Å². The number of nitrogens with one attached hydrogen (secondary N) is 1. The van der Waals surface area contributed by atoms with Crippen molar-refractivity contribution >= 4 is 11.6 Å². The van der Waals surface area contributed by atoms with Gasteiger partial charge in [0.15, 0.2) is 0 Å². The minimum atomic E-state index is 0.0855. The number of alkyl halides is 1. The molecular weight excluding hydrogens is 260 g/mol. The summed E-state index contributed by atoms with van der Waals surface area (Å²) in [5, 5.41) is 7.93. The predicted molar refractivity (Wildman–Crippen MR) is 78.2 cm³/mol. The fourth-order valence-electron chi connectivity index (χ4n) is 3.08. The van der Waals surface area contributed by atoms with Gasteiger partial charge in [0.2, 0.25) is 0 Å². The summed E-state index contributed by atoms with van der Waals surface area (Å²) in [6.07, 6.45) is 7.65. The van der Waals surface area contributed by atoms with Gasteiger partial charge in [-0.25, -0.2) is 9.67 Å². The Balaban J connectivity index is 1.97. The molecule has 2 unspecified atom stereocenters. The molecule has 108 valence electrons. The van der Waals surface area contributed by atoms with Gasteiger partial charge in [0.25, 0.3) is 0 Å². The first-order valence-electron chi connectivity index (χ1n) is 7.37. The van der Waals surface area contributed by atoms with E-state index in [1.165, 1.54) is 25.7 Å². The molecule has 0 saturated heterocycles. The summed E-state index contributed by atoms with van der Waals surface area (Å²) in [7, 11) is 0. The largest absolute Gasteiger partial charge is 0.303 e. The first-order chi connectivity index (χ1) is 9.19. The first-order valence-corrected chi connectivity index (χ1v) is 7.90. The summed E-state index contributed by atoms with van der Waals surface area (Å²) >= 11 is 6.24. The maximum atomic E-state index is 6.24. The van der Waals surface area contributed by atoms with Crippen molar-refractivity contribution < 1.29 is 0 Å². The molecule has 0 aromatic carbocycles. The lowest BCUT2D eigenvalue weighted by atomic mass is 9.77. The maximum Gasteiger partial charge on any atom is 0.140 e. The van der Waals surface area contributed by atoms with Gasteiger partial charge < -0.3 is 5.32 Å². The second kappa shape index (κ2) is 6.71. The predicted octanol–water partition coefficient (Wildman–Crippen LogP) is 2.97. The lowest BCUT2D eigenvalue weighted by Crippen LogP contribution is -2.50. The molecular formula is C14H25ClN4. The summed E-state index contributed by atoms with van der Waals surface area (Å²) in [6, 6.07) is 0. The average Bonchev–Trinajstić information content (AvgIpc) is 2.84. The maximum absolute atomic E-state index is 6.24. The molecule has 0 bridgehead atoms. The number of halogens is 1. The Labute approximate surface area is 120 Å². The molecule has 2 rings (SSSR count). The second-order valence-electron chi connectivity index (χ2n) is 5.87. The zero-order chi connectivity index (χ0) is 13.7. The third-order valence-corrected chi connectivity index (χ3v) is 4.61. The Morgan fingerprint density at radius 2 is 2.42 bits per heavy atom. The van der Waals surface area contributed by atoms with Gasteiger partial charge in [-0.15, -0.1) is 11.6 Å². The summed E-state index contributed by atoms with van der Waals surface area (Å²) in [5.74, 6) is 2.46. The van der Waals surface area contributed by atoms with E-state index in [4.69, 9.17) is 11.6 Å². The SMILES string of the molecule is CCCn1ncnc1CNC1(CCl)CCCC(C)C1. The van der Waals surface area contributed by atoms with Gasteiger partial charge >= 0.3 is 0 Å². The number of aryl methyl sites for hydroxylation is 1. The molecule has 4 nitrogen and oxygen atoms in total. The number of hydrogen-bond acceptors (Lipinski definition) is 3. The van der Waals surface area contributed by atoms with Gasteiger partial charge in [-0.3, -0.25) is 0 Å². The summed E-state index contributed by atoms with van der Waals surface area (Å²) in [4.78, 5) is 4.35. The van der Waals surface area contributed by atoms with Crippen LogP contribution in [0.25, 0.3) is 0 Å². The van der Waals surface area contributed by atoms with Crippen molar-refractivity contribution in [3.05, 3.63) is 12.2 Å². The number of hydrogen-bond donors (Lipinski definition) is 1. The molecule has 19 heavy (non-hydrogen) atoms.